The van der Waals surface area contributed by atoms with Crippen LogP contribution < -0.4 is 5.32 Å². The number of hydrogen-bond donors (Lipinski definition) is 2. The lowest BCUT2D eigenvalue weighted by atomic mass is 10.1. The van der Waals surface area contributed by atoms with Gasteiger partial charge >= 0.3 is 5.97 Å². The molecule has 1 fully saturated rings. The van der Waals surface area contributed by atoms with Gasteiger partial charge in [0.05, 0.1) is 19.3 Å². The molecule has 0 aromatic carbocycles. The van der Waals surface area contributed by atoms with Gasteiger partial charge in [-0.05, 0) is 19.3 Å². The van der Waals surface area contributed by atoms with Crippen molar-refractivity contribution in [1.29, 1.82) is 0 Å². The molecule has 1 aromatic rings. The summed E-state index contributed by atoms with van der Waals surface area (Å²) in [5, 5.41) is 19.0. The van der Waals surface area contributed by atoms with Crippen LogP contribution in [0.1, 0.15) is 29.8 Å². The Morgan fingerprint density at radius 1 is 1.30 bits per heavy atom. The van der Waals surface area contributed by atoms with Gasteiger partial charge < -0.3 is 15.3 Å². The number of carbonyl (C=O) groups is 2. The second kappa shape index (κ2) is 6.99. The molecule has 110 valence electrons. The van der Waals surface area contributed by atoms with Gasteiger partial charge in [-0.15, -0.1) is 5.10 Å². The zero-order valence-corrected chi connectivity index (χ0v) is 11.3. The lowest BCUT2D eigenvalue weighted by Gasteiger charge is -2.26. The van der Waals surface area contributed by atoms with Gasteiger partial charge in [0.25, 0.3) is 0 Å². The molecular weight excluding hydrogens is 262 g/mol. The third-order valence-electron chi connectivity index (χ3n) is 3.26. The third kappa shape index (κ3) is 4.02. The van der Waals surface area contributed by atoms with Crippen molar-refractivity contribution >= 4 is 11.9 Å². The normalized spacial score (nSPS) is 15.3. The van der Waals surface area contributed by atoms with E-state index in [4.69, 9.17) is 5.11 Å². The number of likely N-dealkylation sites (tertiary alicyclic amines) is 1. The fourth-order valence-electron chi connectivity index (χ4n) is 2.15. The minimum Gasteiger partial charge on any atom is -0.476 e. The van der Waals surface area contributed by atoms with Crippen LogP contribution in [0.3, 0.4) is 0 Å². The Labute approximate surface area is 116 Å². The molecule has 8 nitrogen and oxygen atoms in total. The van der Waals surface area contributed by atoms with Crippen LogP contribution in [-0.4, -0.2) is 63.1 Å². The maximum atomic E-state index is 11.9. The first kappa shape index (κ1) is 14.4. The highest BCUT2D eigenvalue weighted by molar-refractivity contribution is 5.84. The predicted octanol–water partition coefficient (Wildman–Crippen LogP) is -0.422. The van der Waals surface area contributed by atoms with E-state index >= 15 is 0 Å². The summed E-state index contributed by atoms with van der Waals surface area (Å²) in [7, 11) is 0. The highest BCUT2D eigenvalue weighted by Gasteiger charge is 2.15. The van der Waals surface area contributed by atoms with Crippen LogP contribution in [0.4, 0.5) is 0 Å². The zero-order chi connectivity index (χ0) is 14.4. The number of nitrogens with zero attached hydrogens (tertiary/aromatic N) is 4. The van der Waals surface area contributed by atoms with Crippen molar-refractivity contribution in [3.63, 3.8) is 0 Å². The van der Waals surface area contributed by atoms with Crippen LogP contribution in [0, 0.1) is 0 Å². The largest absolute Gasteiger partial charge is 0.476 e. The van der Waals surface area contributed by atoms with Crippen molar-refractivity contribution in [3.8, 4) is 0 Å². The van der Waals surface area contributed by atoms with Gasteiger partial charge in [-0.25, -0.2) is 4.79 Å². The van der Waals surface area contributed by atoms with Gasteiger partial charge in [-0.2, -0.15) is 0 Å². The highest BCUT2D eigenvalue weighted by atomic mass is 16.4. The summed E-state index contributed by atoms with van der Waals surface area (Å²) in [5.74, 6) is -0.973. The van der Waals surface area contributed by atoms with Crippen molar-refractivity contribution in [2.75, 3.05) is 26.2 Å². The van der Waals surface area contributed by atoms with E-state index in [2.05, 4.69) is 15.6 Å². The Balaban J connectivity index is 1.65. The predicted molar refractivity (Wildman–Crippen MR) is 70.3 cm³/mol. The smallest absolute Gasteiger partial charge is 0.358 e. The molecule has 20 heavy (non-hydrogen) atoms. The number of piperidine rings is 1. The second-order valence-corrected chi connectivity index (χ2v) is 4.79. The minimum absolute atomic E-state index is 0.0746. The van der Waals surface area contributed by atoms with E-state index in [1.54, 1.807) is 0 Å². The first-order valence-corrected chi connectivity index (χ1v) is 6.79. The first-order valence-electron chi connectivity index (χ1n) is 6.79. The SMILES string of the molecule is O=C(O)c1cn(CCNCC(=O)N2CCCCC2)nn1. The van der Waals surface area contributed by atoms with Crippen LogP contribution >= 0.6 is 0 Å². The van der Waals surface area contributed by atoms with Crippen molar-refractivity contribution in [2.45, 2.75) is 25.8 Å². The molecule has 1 saturated heterocycles. The molecule has 2 rings (SSSR count). The summed E-state index contributed by atoms with van der Waals surface area (Å²) in [6, 6.07) is 0. The molecule has 8 heteroatoms. The molecule has 1 aliphatic heterocycles. The molecule has 0 bridgehead atoms. The summed E-state index contributed by atoms with van der Waals surface area (Å²) in [4.78, 5) is 24.4. The summed E-state index contributed by atoms with van der Waals surface area (Å²) < 4.78 is 1.45. The van der Waals surface area contributed by atoms with E-state index in [1.165, 1.54) is 17.3 Å². The van der Waals surface area contributed by atoms with Crippen molar-refractivity contribution < 1.29 is 14.7 Å². The molecule has 1 aromatic heterocycles. The molecule has 2 N–H and O–H groups in total. The molecule has 0 radical (unpaired) electrons. The van der Waals surface area contributed by atoms with E-state index in [0.29, 0.717) is 19.6 Å². The number of aromatic nitrogens is 3. The van der Waals surface area contributed by atoms with Crippen molar-refractivity contribution in [3.05, 3.63) is 11.9 Å². The number of nitrogens with one attached hydrogen (secondary N) is 1. The first-order chi connectivity index (χ1) is 9.66. The molecule has 1 amide bonds. The highest BCUT2D eigenvalue weighted by Crippen LogP contribution is 2.08. The van der Waals surface area contributed by atoms with E-state index < -0.39 is 5.97 Å². The number of amides is 1. The van der Waals surface area contributed by atoms with Gasteiger partial charge in [-0.3, -0.25) is 9.48 Å². The fraction of sp³-hybridized carbons (Fsp3) is 0.667. The Bertz CT molecular complexity index is 467. The summed E-state index contributed by atoms with van der Waals surface area (Å²) in [6.07, 6.45) is 4.75. The van der Waals surface area contributed by atoms with Gasteiger partial charge in [-0.1, -0.05) is 5.21 Å². The summed E-state index contributed by atoms with van der Waals surface area (Å²) >= 11 is 0. The number of hydrogen-bond acceptors (Lipinski definition) is 5. The average Bonchev–Trinajstić information content (AvgIpc) is 2.93. The summed E-state index contributed by atoms with van der Waals surface area (Å²) in [6.45, 7) is 3.03. The summed E-state index contributed by atoms with van der Waals surface area (Å²) in [5.41, 5.74) is -0.0746. The van der Waals surface area contributed by atoms with Gasteiger partial charge in [0, 0.05) is 19.6 Å². The number of carbonyl (C=O) groups excluding carboxylic acids is 1. The minimum atomic E-state index is -1.09. The number of carboxylic acid groups (broad SMARTS) is 1. The molecule has 1 aliphatic rings. The standard InChI is InChI=1S/C12H19N5O3/c18-11(16-5-2-1-3-6-16)8-13-4-7-17-9-10(12(19)20)14-15-17/h9,13H,1-8H2,(H,19,20). The van der Waals surface area contributed by atoms with Gasteiger partial charge in [0.1, 0.15) is 0 Å². The van der Waals surface area contributed by atoms with Crippen molar-refractivity contribution in [2.24, 2.45) is 0 Å². The molecule has 0 atom stereocenters. The van der Waals surface area contributed by atoms with Crippen LogP contribution in [-0.2, 0) is 11.3 Å². The maximum absolute atomic E-state index is 11.9. The van der Waals surface area contributed by atoms with Gasteiger partial charge in [0.15, 0.2) is 5.69 Å². The third-order valence-corrected chi connectivity index (χ3v) is 3.26. The lowest BCUT2D eigenvalue weighted by Crippen LogP contribution is -2.41. The average molecular weight is 281 g/mol. The molecule has 2 heterocycles. The number of carboxylic acids is 1. The van der Waals surface area contributed by atoms with Crippen LogP contribution in [0.5, 0.6) is 0 Å². The lowest BCUT2D eigenvalue weighted by molar-refractivity contribution is -0.131. The second-order valence-electron chi connectivity index (χ2n) is 4.79. The van der Waals surface area contributed by atoms with E-state index in [0.717, 1.165) is 25.9 Å². The number of aromatic carboxylic acids is 1. The quantitative estimate of drug-likeness (QED) is 0.687. The van der Waals surface area contributed by atoms with E-state index in [9.17, 15) is 9.59 Å². The molecule has 0 saturated carbocycles. The van der Waals surface area contributed by atoms with Crippen LogP contribution in [0.2, 0.25) is 0 Å². The zero-order valence-electron chi connectivity index (χ0n) is 11.3. The monoisotopic (exact) mass is 281 g/mol. The Morgan fingerprint density at radius 3 is 2.70 bits per heavy atom. The molecule has 0 aliphatic carbocycles. The topological polar surface area (TPSA) is 100 Å². The molecular formula is C12H19N5O3. The van der Waals surface area contributed by atoms with Crippen LogP contribution in [0.25, 0.3) is 0 Å². The Kier molecular flexibility index (Phi) is 5.05. The maximum Gasteiger partial charge on any atom is 0.358 e. The Hall–Kier alpha value is -1.96. The molecule has 0 unspecified atom stereocenters. The van der Waals surface area contributed by atoms with Crippen LogP contribution in [0.15, 0.2) is 6.20 Å². The van der Waals surface area contributed by atoms with Gasteiger partial charge in [0.2, 0.25) is 5.91 Å². The number of rotatable bonds is 6. The van der Waals surface area contributed by atoms with E-state index in [-0.39, 0.29) is 11.6 Å². The van der Waals surface area contributed by atoms with Crippen molar-refractivity contribution in [1.82, 2.24) is 25.2 Å². The molecule has 0 spiro atoms. The fourth-order valence-corrected chi connectivity index (χ4v) is 2.15. The van der Waals surface area contributed by atoms with E-state index in [1.807, 2.05) is 4.90 Å². The Morgan fingerprint density at radius 2 is 2.05 bits per heavy atom.